The van der Waals surface area contributed by atoms with Crippen LogP contribution in [-0.2, 0) is 9.59 Å². The van der Waals surface area contributed by atoms with Gasteiger partial charge >= 0.3 is 0 Å². The summed E-state index contributed by atoms with van der Waals surface area (Å²) in [5, 5.41) is 2.87. The Kier molecular flexibility index (Phi) is 8.04. The summed E-state index contributed by atoms with van der Waals surface area (Å²) >= 11 is 0. The second kappa shape index (κ2) is 10.7. The summed E-state index contributed by atoms with van der Waals surface area (Å²) in [5.41, 5.74) is 0.760. The van der Waals surface area contributed by atoms with Gasteiger partial charge in [-0.1, -0.05) is 25.0 Å². The first-order chi connectivity index (χ1) is 14.0. The Balaban J connectivity index is 1.67. The minimum absolute atomic E-state index is 0.0765. The van der Waals surface area contributed by atoms with E-state index < -0.39 is 6.04 Å². The molecular formula is C23H34FN3O2. The van der Waals surface area contributed by atoms with Crippen LogP contribution in [0, 0.1) is 5.82 Å². The average molecular weight is 404 g/mol. The number of piperidine rings is 1. The standard InChI is InChI=1S/C23H34FN3O2/c1-18(28)25-22(19-9-11-20(24)12-10-19)16-23(29)27-15-7-4-8-21(27)17-26-13-5-2-3-6-14-26/h9-12,21-22H,2-8,13-17H2,1H3,(H,25,28)/t21-,22+/m1/s1. The van der Waals surface area contributed by atoms with E-state index in [0.29, 0.717) is 0 Å². The number of carbonyl (C=O) groups is 2. The van der Waals surface area contributed by atoms with Crippen molar-refractivity contribution in [2.45, 2.75) is 70.4 Å². The predicted molar refractivity (Wildman–Crippen MR) is 112 cm³/mol. The second-order valence-corrected chi connectivity index (χ2v) is 8.46. The molecule has 1 aromatic carbocycles. The van der Waals surface area contributed by atoms with E-state index in [0.717, 1.165) is 51.0 Å². The van der Waals surface area contributed by atoms with Crippen LogP contribution in [0.1, 0.15) is 69.9 Å². The molecular weight excluding hydrogens is 369 g/mol. The van der Waals surface area contributed by atoms with Crippen molar-refractivity contribution in [1.82, 2.24) is 15.1 Å². The normalized spacial score (nSPS) is 22.0. The minimum atomic E-state index is -0.429. The van der Waals surface area contributed by atoms with Gasteiger partial charge in [-0.25, -0.2) is 4.39 Å². The van der Waals surface area contributed by atoms with E-state index in [1.807, 2.05) is 4.90 Å². The molecule has 2 aliphatic rings. The van der Waals surface area contributed by atoms with Gasteiger partial charge in [-0.15, -0.1) is 0 Å². The average Bonchev–Trinajstić information content (AvgIpc) is 2.97. The molecule has 6 heteroatoms. The Morgan fingerprint density at radius 1 is 1.03 bits per heavy atom. The largest absolute Gasteiger partial charge is 0.349 e. The Hall–Kier alpha value is -1.95. The molecule has 2 fully saturated rings. The molecule has 29 heavy (non-hydrogen) atoms. The van der Waals surface area contributed by atoms with Crippen LogP contribution >= 0.6 is 0 Å². The lowest BCUT2D eigenvalue weighted by Crippen LogP contribution is -2.50. The van der Waals surface area contributed by atoms with Gasteiger partial charge in [0.2, 0.25) is 11.8 Å². The number of nitrogens with one attached hydrogen (secondary N) is 1. The molecule has 160 valence electrons. The van der Waals surface area contributed by atoms with E-state index in [9.17, 15) is 14.0 Å². The van der Waals surface area contributed by atoms with Crippen LogP contribution in [-0.4, -0.2) is 53.8 Å². The SMILES string of the molecule is CC(=O)N[C@@H](CC(=O)N1CCCC[C@@H]1CN1CCCCCC1)c1ccc(F)cc1. The van der Waals surface area contributed by atoms with Gasteiger partial charge in [0, 0.05) is 26.1 Å². The number of hydrogen-bond acceptors (Lipinski definition) is 3. The van der Waals surface area contributed by atoms with Gasteiger partial charge in [-0.3, -0.25) is 9.59 Å². The van der Waals surface area contributed by atoms with Crippen molar-refractivity contribution >= 4 is 11.8 Å². The molecule has 0 unspecified atom stereocenters. The number of hydrogen-bond donors (Lipinski definition) is 1. The van der Waals surface area contributed by atoms with Crippen LogP contribution in [0.4, 0.5) is 4.39 Å². The highest BCUT2D eigenvalue weighted by Crippen LogP contribution is 2.24. The minimum Gasteiger partial charge on any atom is -0.349 e. The van der Waals surface area contributed by atoms with Crippen molar-refractivity contribution in [3.8, 4) is 0 Å². The summed E-state index contributed by atoms with van der Waals surface area (Å²) in [7, 11) is 0. The van der Waals surface area contributed by atoms with Crippen LogP contribution in [0.2, 0.25) is 0 Å². The lowest BCUT2D eigenvalue weighted by molar-refractivity contribution is -0.136. The Bertz CT molecular complexity index is 671. The third-order valence-corrected chi connectivity index (χ3v) is 6.14. The molecule has 2 saturated heterocycles. The first kappa shape index (κ1) is 21.8. The first-order valence-corrected chi connectivity index (χ1v) is 11.1. The maximum absolute atomic E-state index is 13.3. The predicted octanol–water partition coefficient (Wildman–Crippen LogP) is 3.65. The van der Waals surface area contributed by atoms with E-state index in [2.05, 4.69) is 10.2 Å². The number of halogens is 1. The molecule has 0 spiro atoms. The van der Waals surface area contributed by atoms with Gasteiger partial charge in [0.25, 0.3) is 0 Å². The summed E-state index contributed by atoms with van der Waals surface area (Å²) in [6.07, 6.45) is 8.55. The van der Waals surface area contributed by atoms with Crippen molar-refractivity contribution in [3.63, 3.8) is 0 Å². The molecule has 0 aliphatic carbocycles. The molecule has 0 saturated carbocycles. The fraction of sp³-hybridized carbons (Fsp3) is 0.652. The van der Waals surface area contributed by atoms with Crippen molar-refractivity contribution in [1.29, 1.82) is 0 Å². The molecule has 0 aromatic heterocycles. The lowest BCUT2D eigenvalue weighted by atomic mass is 9.98. The Morgan fingerprint density at radius 2 is 1.69 bits per heavy atom. The molecule has 1 N–H and O–H groups in total. The Labute approximate surface area is 173 Å². The summed E-state index contributed by atoms with van der Waals surface area (Å²) in [4.78, 5) is 29.5. The summed E-state index contributed by atoms with van der Waals surface area (Å²) in [6, 6.07) is 5.86. The zero-order chi connectivity index (χ0) is 20.6. The van der Waals surface area contributed by atoms with E-state index >= 15 is 0 Å². The number of nitrogens with zero attached hydrogens (tertiary/aromatic N) is 2. The van der Waals surface area contributed by atoms with Gasteiger partial charge in [0.05, 0.1) is 12.5 Å². The molecule has 2 atom stereocenters. The van der Waals surface area contributed by atoms with E-state index in [4.69, 9.17) is 0 Å². The summed E-state index contributed by atoms with van der Waals surface area (Å²) in [5.74, 6) is -0.435. The van der Waals surface area contributed by atoms with Gasteiger partial charge in [-0.05, 0) is 62.9 Å². The van der Waals surface area contributed by atoms with E-state index in [-0.39, 0.29) is 30.1 Å². The van der Waals surface area contributed by atoms with Crippen LogP contribution in [0.5, 0.6) is 0 Å². The van der Waals surface area contributed by atoms with Gasteiger partial charge in [0.15, 0.2) is 0 Å². The van der Waals surface area contributed by atoms with Crippen LogP contribution in [0.3, 0.4) is 0 Å². The highest BCUT2D eigenvalue weighted by molar-refractivity contribution is 5.79. The van der Waals surface area contributed by atoms with Crippen LogP contribution < -0.4 is 5.32 Å². The number of rotatable bonds is 6. The van der Waals surface area contributed by atoms with Crippen LogP contribution in [0.25, 0.3) is 0 Å². The van der Waals surface area contributed by atoms with Gasteiger partial charge < -0.3 is 15.1 Å². The number of likely N-dealkylation sites (tertiary alicyclic amines) is 2. The highest BCUT2D eigenvalue weighted by atomic mass is 19.1. The van der Waals surface area contributed by atoms with Gasteiger partial charge in [0.1, 0.15) is 5.82 Å². The molecule has 2 amide bonds. The maximum Gasteiger partial charge on any atom is 0.225 e. The number of amides is 2. The zero-order valence-corrected chi connectivity index (χ0v) is 17.5. The topological polar surface area (TPSA) is 52.7 Å². The molecule has 1 aromatic rings. The smallest absolute Gasteiger partial charge is 0.225 e. The van der Waals surface area contributed by atoms with E-state index in [1.54, 1.807) is 12.1 Å². The summed E-state index contributed by atoms with van der Waals surface area (Å²) in [6.45, 7) is 5.44. The number of benzene rings is 1. The molecule has 0 bridgehead atoms. The van der Waals surface area contributed by atoms with Crippen molar-refractivity contribution in [2.75, 3.05) is 26.2 Å². The molecule has 2 heterocycles. The monoisotopic (exact) mass is 403 g/mol. The highest BCUT2D eigenvalue weighted by Gasteiger charge is 2.30. The third-order valence-electron chi connectivity index (χ3n) is 6.14. The van der Waals surface area contributed by atoms with Gasteiger partial charge in [-0.2, -0.15) is 0 Å². The quantitative estimate of drug-likeness (QED) is 0.789. The van der Waals surface area contributed by atoms with Crippen LogP contribution in [0.15, 0.2) is 24.3 Å². The van der Waals surface area contributed by atoms with E-state index in [1.165, 1.54) is 44.7 Å². The molecule has 0 radical (unpaired) electrons. The van der Waals surface area contributed by atoms with Crippen molar-refractivity contribution in [3.05, 3.63) is 35.6 Å². The zero-order valence-electron chi connectivity index (χ0n) is 17.5. The molecule has 3 rings (SSSR count). The van der Waals surface area contributed by atoms with Crippen molar-refractivity contribution in [2.24, 2.45) is 0 Å². The first-order valence-electron chi connectivity index (χ1n) is 11.1. The third kappa shape index (κ3) is 6.53. The Morgan fingerprint density at radius 3 is 2.34 bits per heavy atom. The van der Waals surface area contributed by atoms with Crippen molar-refractivity contribution < 1.29 is 14.0 Å². The lowest BCUT2D eigenvalue weighted by Gasteiger charge is -2.39. The second-order valence-electron chi connectivity index (χ2n) is 8.46. The fourth-order valence-corrected chi connectivity index (χ4v) is 4.62. The summed E-state index contributed by atoms with van der Waals surface area (Å²) < 4.78 is 13.3. The fourth-order valence-electron chi connectivity index (χ4n) is 4.62. The molecule has 5 nitrogen and oxygen atoms in total. The molecule has 2 aliphatic heterocycles. The number of carbonyl (C=O) groups excluding carboxylic acids is 2. The maximum atomic E-state index is 13.3.